The number of aromatic nitrogens is 1. The molecule has 1 aliphatic heterocycles. The summed E-state index contributed by atoms with van der Waals surface area (Å²) in [5, 5.41) is 3.71. The third kappa shape index (κ3) is 3.22. The van der Waals surface area contributed by atoms with Crippen molar-refractivity contribution in [3.63, 3.8) is 0 Å². The van der Waals surface area contributed by atoms with Crippen molar-refractivity contribution in [2.45, 2.75) is 13.5 Å². The molecule has 0 bridgehead atoms. The van der Waals surface area contributed by atoms with E-state index in [2.05, 4.69) is 5.32 Å². The number of rotatable bonds is 5. The van der Waals surface area contributed by atoms with Gasteiger partial charge in [0, 0.05) is 29.9 Å². The highest BCUT2D eigenvalue weighted by Gasteiger charge is 2.19. The van der Waals surface area contributed by atoms with Crippen molar-refractivity contribution in [2.75, 3.05) is 26.3 Å². The van der Waals surface area contributed by atoms with Crippen LogP contribution in [-0.2, 0) is 6.54 Å². The van der Waals surface area contributed by atoms with Crippen molar-refractivity contribution in [1.82, 2.24) is 4.57 Å². The van der Waals surface area contributed by atoms with Crippen LogP contribution >= 0.6 is 0 Å². The second-order valence-corrected chi connectivity index (χ2v) is 6.41. The SMILES string of the molecule is CCn1cc(C(=O)Nc2ccc3c(c2)OCO3)c2cc(OC)c(OC)cc2c1=O. The molecule has 1 amide bonds. The van der Waals surface area contributed by atoms with Crippen LogP contribution in [0.4, 0.5) is 5.69 Å². The van der Waals surface area contributed by atoms with Crippen LogP contribution < -0.4 is 29.8 Å². The fourth-order valence-corrected chi connectivity index (χ4v) is 3.31. The number of benzene rings is 2. The van der Waals surface area contributed by atoms with E-state index in [0.29, 0.717) is 51.6 Å². The summed E-state index contributed by atoms with van der Waals surface area (Å²) in [5.74, 6) is 1.70. The standard InChI is InChI=1S/C21H20N2O6/c1-4-23-10-15(13-8-17(26-2)18(27-3)9-14(13)21(23)25)20(24)22-12-5-6-16-19(7-12)29-11-28-16/h5-10H,4,11H2,1-3H3,(H,22,24). The third-order valence-corrected chi connectivity index (χ3v) is 4.81. The minimum Gasteiger partial charge on any atom is -0.493 e. The Morgan fingerprint density at radius 2 is 1.76 bits per heavy atom. The van der Waals surface area contributed by atoms with Gasteiger partial charge in [0.05, 0.1) is 25.2 Å². The predicted molar refractivity (Wildman–Crippen MR) is 108 cm³/mol. The minimum atomic E-state index is -0.358. The number of hydrogen-bond acceptors (Lipinski definition) is 6. The second-order valence-electron chi connectivity index (χ2n) is 6.41. The van der Waals surface area contributed by atoms with Crippen LogP contribution in [0.3, 0.4) is 0 Å². The number of carbonyl (C=O) groups is 1. The number of methoxy groups -OCH3 is 2. The number of nitrogens with one attached hydrogen (secondary N) is 1. The maximum atomic E-state index is 13.1. The van der Waals surface area contributed by atoms with E-state index < -0.39 is 0 Å². The monoisotopic (exact) mass is 396 g/mol. The lowest BCUT2D eigenvalue weighted by Crippen LogP contribution is -2.23. The Balaban J connectivity index is 1.82. The van der Waals surface area contributed by atoms with Gasteiger partial charge in [-0.2, -0.15) is 0 Å². The van der Waals surface area contributed by atoms with E-state index in [1.54, 1.807) is 36.5 Å². The lowest BCUT2D eigenvalue weighted by Gasteiger charge is -2.14. The Morgan fingerprint density at radius 3 is 2.45 bits per heavy atom. The molecule has 1 N–H and O–H groups in total. The zero-order valence-electron chi connectivity index (χ0n) is 16.3. The number of fused-ring (bicyclic) bond motifs is 2. The first-order valence-electron chi connectivity index (χ1n) is 9.06. The average Bonchev–Trinajstić information content (AvgIpc) is 3.21. The summed E-state index contributed by atoms with van der Waals surface area (Å²) in [5.41, 5.74) is 0.699. The average molecular weight is 396 g/mol. The van der Waals surface area contributed by atoms with Crippen LogP contribution in [0.25, 0.3) is 10.8 Å². The van der Waals surface area contributed by atoms with Gasteiger partial charge in [-0.1, -0.05) is 0 Å². The van der Waals surface area contributed by atoms with Crippen LogP contribution in [0.2, 0.25) is 0 Å². The molecule has 0 atom stereocenters. The molecule has 29 heavy (non-hydrogen) atoms. The van der Waals surface area contributed by atoms with Crippen LogP contribution in [0.5, 0.6) is 23.0 Å². The molecule has 0 spiro atoms. The Hall–Kier alpha value is -3.68. The van der Waals surface area contributed by atoms with Gasteiger partial charge < -0.3 is 28.8 Å². The van der Waals surface area contributed by atoms with E-state index in [4.69, 9.17) is 18.9 Å². The molecule has 2 heterocycles. The summed E-state index contributed by atoms with van der Waals surface area (Å²) in [6.45, 7) is 2.42. The largest absolute Gasteiger partial charge is 0.493 e. The zero-order chi connectivity index (χ0) is 20.5. The van der Waals surface area contributed by atoms with Crippen molar-refractivity contribution < 1.29 is 23.7 Å². The molecule has 0 fully saturated rings. The third-order valence-electron chi connectivity index (χ3n) is 4.81. The summed E-state index contributed by atoms with van der Waals surface area (Å²) in [6, 6.07) is 8.40. The molecule has 8 nitrogen and oxygen atoms in total. The van der Waals surface area contributed by atoms with Gasteiger partial charge in [0.15, 0.2) is 23.0 Å². The highest BCUT2D eigenvalue weighted by atomic mass is 16.7. The number of nitrogens with zero attached hydrogens (tertiary/aromatic N) is 1. The van der Waals surface area contributed by atoms with Crippen molar-refractivity contribution in [3.05, 3.63) is 52.4 Å². The fourth-order valence-electron chi connectivity index (χ4n) is 3.31. The molecule has 8 heteroatoms. The van der Waals surface area contributed by atoms with E-state index in [1.165, 1.54) is 18.8 Å². The molecule has 0 aliphatic carbocycles. The topological polar surface area (TPSA) is 88.0 Å². The van der Waals surface area contributed by atoms with Crippen LogP contribution in [-0.4, -0.2) is 31.5 Å². The van der Waals surface area contributed by atoms with E-state index in [1.807, 2.05) is 6.92 Å². The van der Waals surface area contributed by atoms with Gasteiger partial charge in [0.1, 0.15) is 0 Å². The lowest BCUT2D eigenvalue weighted by molar-refractivity contribution is 0.102. The zero-order valence-corrected chi connectivity index (χ0v) is 16.3. The number of pyridine rings is 1. The normalized spacial score (nSPS) is 12.1. The van der Waals surface area contributed by atoms with Crippen LogP contribution in [0.15, 0.2) is 41.3 Å². The first-order chi connectivity index (χ1) is 14.0. The van der Waals surface area contributed by atoms with Gasteiger partial charge in [-0.15, -0.1) is 0 Å². The summed E-state index contributed by atoms with van der Waals surface area (Å²) >= 11 is 0. The van der Waals surface area contributed by atoms with Gasteiger partial charge in [0.2, 0.25) is 6.79 Å². The highest BCUT2D eigenvalue weighted by molar-refractivity contribution is 6.13. The van der Waals surface area contributed by atoms with Crippen molar-refractivity contribution in [2.24, 2.45) is 0 Å². The molecule has 1 aliphatic rings. The maximum Gasteiger partial charge on any atom is 0.258 e. The lowest BCUT2D eigenvalue weighted by atomic mass is 10.1. The quantitative estimate of drug-likeness (QED) is 0.713. The summed E-state index contributed by atoms with van der Waals surface area (Å²) in [7, 11) is 3.00. The smallest absolute Gasteiger partial charge is 0.258 e. The number of hydrogen-bond donors (Lipinski definition) is 1. The molecule has 0 saturated heterocycles. The Bertz CT molecular complexity index is 1170. The Labute approximate surface area is 166 Å². The maximum absolute atomic E-state index is 13.1. The molecule has 150 valence electrons. The van der Waals surface area contributed by atoms with E-state index in [9.17, 15) is 9.59 Å². The fraction of sp³-hybridized carbons (Fsp3) is 0.238. The van der Waals surface area contributed by atoms with Gasteiger partial charge in [-0.25, -0.2) is 0 Å². The summed E-state index contributed by atoms with van der Waals surface area (Å²) < 4.78 is 22.8. The first-order valence-corrected chi connectivity index (χ1v) is 9.06. The highest BCUT2D eigenvalue weighted by Crippen LogP contribution is 2.35. The van der Waals surface area contributed by atoms with Crippen LogP contribution in [0, 0.1) is 0 Å². The molecule has 2 aromatic carbocycles. The van der Waals surface area contributed by atoms with Gasteiger partial charge in [0.25, 0.3) is 11.5 Å². The molecule has 0 radical (unpaired) electrons. The van der Waals surface area contributed by atoms with Gasteiger partial charge >= 0.3 is 0 Å². The van der Waals surface area contributed by atoms with Crippen molar-refractivity contribution in [3.8, 4) is 23.0 Å². The summed E-state index contributed by atoms with van der Waals surface area (Å²) in [6.07, 6.45) is 1.55. The van der Waals surface area contributed by atoms with E-state index in [-0.39, 0.29) is 18.3 Å². The molecule has 0 unspecified atom stereocenters. The molecule has 0 saturated carbocycles. The van der Waals surface area contributed by atoms with Crippen molar-refractivity contribution in [1.29, 1.82) is 0 Å². The molecule has 1 aromatic heterocycles. The number of aryl methyl sites for hydroxylation is 1. The number of anilines is 1. The second kappa shape index (κ2) is 7.38. The number of ether oxygens (including phenoxy) is 4. The van der Waals surface area contributed by atoms with Crippen LogP contribution in [0.1, 0.15) is 17.3 Å². The van der Waals surface area contributed by atoms with Gasteiger partial charge in [-0.05, 0) is 31.2 Å². The molecular weight excluding hydrogens is 376 g/mol. The number of amides is 1. The van der Waals surface area contributed by atoms with Gasteiger partial charge in [-0.3, -0.25) is 9.59 Å². The Morgan fingerprint density at radius 1 is 1.07 bits per heavy atom. The van der Waals surface area contributed by atoms with Crippen molar-refractivity contribution >= 4 is 22.4 Å². The Kier molecular flexibility index (Phi) is 4.75. The number of carbonyl (C=O) groups excluding carboxylic acids is 1. The molecular formula is C21H20N2O6. The van der Waals surface area contributed by atoms with E-state index >= 15 is 0 Å². The van der Waals surface area contributed by atoms with E-state index in [0.717, 1.165) is 0 Å². The molecule has 3 aromatic rings. The predicted octanol–water partition coefficient (Wildman–Crippen LogP) is 3.02. The first kappa shape index (κ1) is 18.7. The minimum absolute atomic E-state index is 0.153. The summed E-state index contributed by atoms with van der Waals surface area (Å²) in [4.78, 5) is 25.9. The molecule has 4 rings (SSSR count).